The van der Waals surface area contributed by atoms with Crippen molar-refractivity contribution in [3.8, 4) is 29.2 Å². The Morgan fingerprint density at radius 2 is 1.64 bits per heavy atom. The van der Waals surface area contributed by atoms with Crippen molar-refractivity contribution in [2.24, 2.45) is 0 Å². The zero-order chi connectivity index (χ0) is 15.5. The van der Waals surface area contributed by atoms with Gasteiger partial charge >= 0.3 is 5.97 Å². The molecule has 0 spiro atoms. The third-order valence-corrected chi connectivity index (χ3v) is 3.40. The Kier molecular flexibility index (Phi) is 3.51. The molecular formula is C19H13NO2. The smallest absolute Gasteiger partial charge is 0.337 e. The maximum Gasteiger partial charge on any atom is 0.337 e. The average molecular weight is 287 g/mol. The number of para-hydroxylation sites is 1. The lowest BCUT2D eigenvalue weighted by Gasteiger charge is -2.09. The van der Waals surface area contributed by atoms with Gasteiger partial charge in [-0.15, -0.1) is 6.42 Å². The third-order valence-electron chi connectivity index (χ3n) is 3.40. The number of carbonyl (C=O) groups is 1. The van der Waals surface area contributed by atoms with Crippen molar-refractivity contribution in [2.45, 2.75) is 0 Å². The minimum Gasteiger partial charge on any atom is -0.478 e. The summed E-state index contributed by atoms with van der Waals surface area (Å²) in [6, 6.07) is 17.0. The highest BCUT2D eigenvalue weighted by atomic mass is 16.4. The maximum atomic E-state index is 11.1. The van der Waals surface area contributed by atoms with E-state index in [0.29, 0.717) is 11.3 Å². The quantitative estimate of drug-likeness (QED) is 0.569. The Balaban J connectivity index is 0.000000196. The first-order valence-corrected chi connectivity index (χ1v) is 6.77. The second kappa shape index (κ2) is 5.63. The van der Waals surface area contributed by atoms with Crippen LogP contribution in [0, 0.1) is 12.3 Å². The van der Waals surface area contributed by atoms with Crippen molar-refractivity contribution in [3.63, 3.8) is 0 Å². The predicted octanol–water partition coefficient (Wildman–Crippen LogP) is 3.82. The highest BCUT2D eigenvalue weighted by molar-refractivity contribution is 5.93. The summed E-state index contributed by atoms with van der Waals surface area (Å²) in [5.74, 6) is 1.51. The summed E-state index contributed by atoms with van der Waals surface area (Å²) in [5, 5.41) is 9.10. The molecule has 2 aliphatic carbocycles. The van der Waals surface area contributed by atoms with Crippen LogP contribution in [0.2, 0.25) is 0 Å². The molecule has 0 bridgehead atoms. The van der Waals surface area contributed by atoms with E-state index < -0.39 is 5.97 Å². The van der Waals surface area contributed by atoms with Crippen LogP contribution in [-0.4, -0.2) is 15.6 Å². The molecule has 0 radical (unpaired) electrons. The van der Waals surface area contributed by atoms with E-state index >= 15 is 0 Å². The SMILES string of the molecule is C#Cc1cccc(C(=O)O)c1-n1cccc1.c1cc2cc-2c1. The van der Waals surface area contributed by atoms with E-state index in [1.54, 1.807) is 35.2 Å². The fourth-order valence-electron chi connectivity index (χ4n) is 2.27. The first-order valence-electron chi connectivity index (χ1n) is 6.77. The van der Waals surface area contributed by atoms with Crippen LogP contribution in [0.1, 0.15) is 15.9 Å². The molecule has 1 aromatic carbocycles. The molecule has 0 saturated heterocycles. The van der Waals surface area contributed by atoms with Crippen LogP contribution in [0.15, 0.2) is 67.0 Å². The predicted molar refractivity (Wildman–Crippen MR) is 86.1 cm³/mol. The number of nitrogens with zero attached hydrogens (tertiary/aromatic N) is 1. The van der Waals surface area contributed by atoms with Gasteiger partial charge in [-0.25, -0.2) is 4.79 Å². The molecule has 2 aliphatic rings. The number of aromatic nitrogens is 1. The molecule has 3 nitrogen and oxygen atoms in total. The minimum absolute atomic E-state index is 0.201. The molecular weight excluding hydrogens is 274 g/mol. The van der Waals surface area contributed by atoms with E-state index in [4.69, 9.17) is 11.5 Å². The maximum absolute atomic E-state index is 11.1. The Morgan fingerprint density at radius 3 is 2.09 bits per heavy atom. The molecule has 0 atom stereocenters. The molecule has 0 unspecified atom stereocenters. The van der Waals surface area contributed by atoms with Crippen molar-refractivity contribution in [1.29, 1.82) is 0 Å². The monoisotopic (exact) mass is 287 g/mol. The molecule has 0 saturated carbocycles. The van der Waals surface area contributed by atoms with E-state index in [1.807, 2.05) is 12.1 Å². The Hall–Kier alpha value is -3.25. The number of benzene rings is 2. The molecule has 22 heavy (non-hydrogen) atoms. The van der Waals surface area contributed by atoms with Crippen LogP contribution in [0.5, 0.6) is 0 Å². The normalized spacial score (nSPS) is 10.1. The van der Waals surface area contributed by atoms with Crippen molar-refractivity contribution in [3.05, 3.63) is 78.1 Å². The topological polar surface area (TPSA) is 42.2 Å². The third kappa shape index (κ3) is 2.63. The zero-order valence-electron chi connectivity index (χ0n) is 11.7. The first-order chi connectivity index (χ1) is 10.7. The molecule has 1 heterocycles. The summed E-state index contributed by atoms with van der Waals surface area (Å²) in [5.41, 5.74) is 4.15. The van der Waals surface area contributed by atoms with Crippen molar-refractivity contribution in [1.82, 2.24) is 4.57 Å². The van der Waals surface area contributed by atoms with Gasteiger partial charge in [0.25, 0.3) is 0 Å². The Labute approximate surface area is 128 Å². The van der Waals surface area contributed by atoms with Gasteiger partial charge in [0.1, 0.15) is 0 Å². The number of carboxylic acids is 1. The molecule has 4 rings (SSSR count). The van der Waals surface area contributed by atoms with E-state index in [9.17, 15) is 4.79 Å². The summed E-state index contributed by atoms with van der Waals surface area (Å²) in [7, 11) is 0. The molecule has 106 valence electrons. The number of terminal acetylenes is 1. The highest BCUT2D eigenvalue weighted by Crippen LogP contribution is 2.32. The number of aromatic carboxylic acids is 1. The van der Waals surface area contributed by atoms with Gasteiger partial charge in [-0.3, -0.25) is 0 Å². The van der Waals surface area contributed by atoms with Crippen LogP contribution in [0.3, 0.4) is 0 Å². The average Bonchev–Trinajstić information content (AvgIpc) is 2.97. The lowest BCUT2D eigenvalue weighted by molar-refractivity contribution is 0.0697. The minimum atomic E-state index is -0.985. The molecule has 1 N–H and O–H groups in total. The first kappa shape index (κ1) is 13.7. The number of rotatable bonds is 2. The van der Waals surface area contributed by atoms with Gasteiger partial charge in [0.15, 0.2) is 0 Å². The standard InChI is InChI=1S/C13H9NO2.C6H4/c1-2-10-6-5-7-11(13(15)16)12(10)14-8-3-4-9-14;1-2-5-4-6(5)3-1/h1,3-9H,(H,15,16);1-4H. The van der Waals surface area contributed by atoms with E-state index in [1.165, 1.54) is 11.1 Å². The van der Waals surface area contributed by atoms with Gasteiger partial charge in [0, 0.05) is 18.0 Å². The Bertz CT molecular complexity index is 853. The van der Waals surface area contributed by atoms with Crippen molar-refractivity contribution in [2.75, 3.05) is 0 Å². The van der Waals surface area contributed by atoms with Crippen LogP contribution < -0.4 is 0 Å². The van der Waals surface area contributed by atoms with Gasteiger partial charge in [0.2, 0.25) is 0 Å². The number of hydrogen-bond acceptors (Lipinski definition) is 1. The number of carboxylic acid groups (broad SMARTS) is 1. The lowest BCUT2D eigenvalue weighted by atomic mass is 10.1. The van der Waals surface area contributed by atoms with Gasteiger partial charge in [-0.05, 0) is 41.5 Å². The number of fused-ring (bicyclic) bond motifs is 1. The summed E-state index contributed by atoms with van der Waals surface area (Å²) >= 11 is 0. The molecule has 0 aliphatic heterocycles. The van der Waals surface area contributed by atoms with Gasteiger partial charge in [0.05, 0.1) is 11.3 Å². The fourth-order valence-corrected chi connectivity index (χ4v) is 2.27. The summed E-state index contributed by atoms with van der Waals surface area (Å²) in [6.07, 6.45) is 8.90. The summed E-state index contributed by atoms with van der Waals surface area (Å²) < 4.78 is 1.71. The molecule has 0 fully saturated rings. The van der Waals surface area contributed by atoms with E-state index in [0.717, 1.165) is 0 Å². The summed E-state index contributed by atoms with van der Waals surface area (Å²) in [4.78, 5) is 11.1. The molecule has 3 heteroatoms. The van der Waals surface area contributed by atoms with Gasteiger partial charge in [-0.2, -0.15) is 0 Å². The van der Waals surface area contributed by atoms with E-state index in [2.05, 4.69) is 30.2 Å². The summed E-state index contributed by atoms with van der Waals surface area (Å²) in [6.45, 7) is 0. The largest absolute Gasteiger partial charge is 0.478 e. The van der Waals surface area contributed by atoms with Crippen LogP contribution in [0.25, 0.3) is 16.8 Å². The van der Waals surface area contributed by atoms with E-state index in [-0.39, 0.29) is 5.56 Å². The molecule has 2 aromatic rings. The van der Waals surface area contributed by atoms with Crippen LogP contribution in [0.4, 0.5) is 0 Å². The van der Waals surface area contributed by atoms with Crippen LogP contribution >= 0.6 is 0 Å². The van der Waals surface area contributed by atoms with Crippen molar-refractivity contribution >= 4 is 5.97 Å². The van der Waals surface area contributed by atoms with Gasteiger partial charge in [-0.1, -0.05) is 30.2 Å². The molecule has 0 amide bonds. The Morgan fingerprint density at radius 1 is 1.00 bits per heavy atom. The van der Waals surface area contributed by atoms with Crippen molar-refractivity contribution < 1.29 is 9.90 Å². The highest BCUT2D eigenvalue weighted by Gasteiger charge is 2.13. The second-order valence-electron chi connectivity index (χ2n) is 4.82. The van der Waals surface area contributed by atoms with Crippen LogP contribution in [-0.2, 0) is 0 Å². The molecule has 1 aromatic heterocycles. The fraction of sp³-hybridized carbons (Fsp3) is 0. The lowest BCUT2D eigenvalue weighted by Crippen LogP contribution is -2.06. The zero-order valence-corrected chi connectivity index (χ0v) is 11.7. The number of hydrogen-bond donors (Lipinski definition) is 1. The second-order valence-corrected chi connectivity index (χ2v) is 4.82. The van der Waals surface area contributed by atoms with Gasteiger partial charge < -0.3 is 9.67 Å².